The zero-order valence-corrected chi connectivity index (χ0v) is 14.9. The summed E-state index contributed by atoms with van der Waals surface area (Å²) in [6.07, 6.45) is 1.85. The number of benzene rings is 2. The van der Waals surface area contributed by atoms with Crippen LogP contribution in [0.5, 0.6) is 11.5 Å². The van der Waals surface area contributed by atoms with Crippen molar-refractivity contribution in [3.63, 3.8) is 0 Å². The second-order valence-electron chi connectivity index (χ2n) is 5.91. The van der Waals surface area contributed by atoms with E-state index in [1.54, 1.807) is 30.3 Å². The van der Waals surface area contributed by atoms with Gasteiger partial charge in [0.2, 0.25) is 0 Å². The minimum atomic E-state index is -0.487. The fraction of sp³-hybridized carbons (Fsp3) is 0.300. The molecule has 1 aromatic heterocycles. The van der Waals surface area contributed by atoms with Crippen molar-refractivity contribution in [3.8, 4) is 17.6 Å². The molecule has 0 saturated carbocycles. The molecule has 0 amide bonds. The van der Waals surface area contributed by atoms with Crippen molar-refractivity contribution in [2.24, 2.45) is 0 Å². The molecule has 7 heteroatoms. The summed E-state index contributed by atoms with van der Waals surface area (Å²) in [7, 11) is 0. The van der Waals surface area contributed by atoms with Gasteiger partial charge in [-0.25, -0.2) is 4.79 Å². The van der Waals surface area contributed by atoms with Crippen molar-refractivity contribution in [2.45, 2.75) is 12.8 Å². The summed E-state index contributed by atoms with van der Waals surface area (Å²) in [5, 5.41) is 12.3. The van der Waals surface area contributed by atoms with Gasteiger partial charge in [0.05, 0.1) is 17.7 Å². The third-order valence-electron chi connectivity index (χ3n) is 3.96. The zero-order chi connectivity index (χ0) is 18.9. The summed E-state index contributed by atoms with van der Waals surface area (Å²) in [4.78, 5) is 13.9. The van der Waals surface area contributed by atoms with E-state index in [0.29, 0.717) is 47.9 Å². The molecule has 1 heterocycles. The number of nitriles is 1. The number of para-hydroxylation sites is 2. The van der Waals surface area contributed by atoms with E-state index in [9.17, 15) is 4.79 Å². The Bertz CT molecular complexity index is 971. The third kappa shape index (κ3) is 5.12. The molecule has 0 saturated heterocycles. The Morgan fingerprint density at radius 1 is 1.00 bits per heavy atom. The molecule has 7 nitrogen and oxygen atoms in total. The maximum Gasteiger partial charge on any atom is 0.417 e. The summed E-state index contributed by atoms with van der Waals surface area (Å²) in [5.41, 5.74) is 1.63. The maximum absolute atomic E-state index is 11.3. The van der Waals surface area contributed by atoms with Crippen LogP contribution < -0.4 is 20.5 Å². The summed E-state index contributed by atoms with van der Waals surface area (Å²) < 4.78 is 16.4. The number of aromatic nitrogens is 1. The second-order valence-corrected chi connectivity index (χ2v) is 5.91. The Kier molecular flexibility index (Phi) is 6.50. The standard InChI is InChI=1S/C20H21N3O4/c21-14-15-6-1-2-8-17(15)25-12-4-3-10-22-11-13-26-18-9-5-7-16-19(18)27-20(24)23-16/h1-2,5-9,22H,3-4,10-13H2,(H,23,24). The number of H-pyrrole nitrogens is 1. The predicted molar refractivity (Wildman–Crippen MR) is 101 cm³/mol. The molecule has 27 heavy (non-hydrogen) atoms. The van der Waals surface area contributed by atoms with Gasteiger partial charge < -0.3 is 19.2 Å². The smallest absolute Gasteiger partial charge is 0.417 e. The lowest BCUT2D eigenvalue weighted by Gasteiger charge is -2.09. The van der Waals surface area contributed by atoms with E-state index in [4.69, 9.17) is 19.2 Å². The van der Waals surface area contributed by atoms with E-state index in [0.717, 1.165) is 19.4 Å². The van der Waals surface area contributed by atoms with Crippen LogP contribution >= 0.6 is 0 Å². The molecule has 0 atom stereocenters. The summed E-state index contributed by atoms with van der Waals surface area (Å²) in [5.74, 6) is 0.697. The lowest BCUT2D eigenvalue weighted by atomic mass is 10.2. The SMILES string of the molecule is N#Cc1ccccc1OCCCCNCCOc1cccc2[nH]c(=O)oc12. The number of unbranched alkanes of at least 4 members (excludes halogenated alkanes) is 1. The Balaban J connectivity index is 1.29. The molecule has 3 rings (SSSR count). The third-order valence-corrected chi connectivity index (χ3v) is 3.96. The van der Waals surface area contributed by atoms with Crippen LogP contribution in [0.25, 0.3) is 11.1 Å². The number of hydrogen-bond donors (Lipinski definition) is 2. The first-order chi connectivity index (χ1) is 13.3. The normalized spacial score (nSPS) is 10.6. The van der Waals surface area contributed by atoms with Crippen LogP contribution in [0.3, 0.4) is 0 Å². The molecule has 0 unspecified atom stereocenters. The van der Waals surface area contributed by atoms with Crippen LogP contribution in [0.1, 0.15) is 18.4 Å². The van der Waals surface area contributed by atoms with E-state index in [1.807, 2.05) is 12.1 Å². The van der Waals surface area contributed by atoms with Gasteiger partial charge in [0.25, 0.3) is 0 Å². The van der Waals surface area contributed by atoms with Crippen molar-refractivity contribution >= 4 is 11.1 Å². The number of fused-ring (bicyclic) bond motifs is 1. The molecular formula is C20H21N3O4. The van der Waals surface area contributed by atoms with Gasteiger partial charge in [-0.1, -0.05) is 18.2 Å². The van der Waals surface area contributed by atoms with Gasteiger partial charge in [0.1, 0.15) is 18.4 Å². The molecule has 0 radical (unpaired) electrons. The Labute approximate surface area is 156 Å². The molecule has 2 N–H and O–H groups in total. The number of nitrogens with one attached hydrogen (secondary N) is 2. The zero-order valence-electron chi connectivity index (χ0n) is 14.9. The van der Waals surface area contributed by atoms with Crippen molar-refractivity contribution < 1.29 is 13.9 Å². The summed E-state index contributed by atoms with van der Waals surface area (Å²) >= 11 is 0. The molecule has 0 aliphatic heterocycles. The van der Waals surface area contributed by atoms with Crippen molar-refractivity contribution in [3.05, 3.63) is 58.6 Å². The van der Waals surface area contributed by atoms with Crippen LogP contribution in [0.15, 0.2) is 51.7 Å². The first kappa shape index (κ1) is 18.5. The first-order valence-electron chi connectivity index (χ1n) is 8.85. The van der Waals surface area contributed by atoms with Gasteiger partial charge >= 0.3 is 5.76 Å². The highest BCUT2D eigenvalue weighted by atomic mass is 16.5. The van der Waals surface area contributed by atoms with E-state index in [-0.39, 0.29) is 0 Å². The molecule has 0 bridgehead atoms. The van der Waals surface area contributed by atoms with E-state index in [1.165, 1.54) is 0 Å². The Morgan fingerprint density at radius 3 is 2.70 bits per heavy atom. The van der Waals surface area contributed by atoms with Crippen LogP contribution in [-0.4, -0.2) is 31.3 Å². The number of ether oxygens (including phenoxy) is 2. The van der Waals surface area contributed by atoms with E-state index >= 15 is 0 Å². The fourth-order valence-electron chi connectivity index (χ4n) is 2.64. The average Bonchev–Trinajstić information content (AvgIpc) is 3.08. The van der Waals surface area contributed by atoms with Crippen LogP contribution in [0, 0.1) is 11.3 Å². The van der Waals surface area contributed by atoms with Gasteiger partial charge in [-0.15, -0.1) is 0 Å². The van der Waals surface area contributed by atoms with Gasteiger partial charge in [-0.2, -0.15) is 5.26 Å². The number of oxazole rings is 1. The highest BCUT2D eigenvalue weighted by Gasteiger charge is 2.07. The summed E-state index contributed by atoms with van der Waals surface area (Å²) in [6.45, 7) is 2.57. The monoisotopic (exact) mass is 367 g/mol. The molecule has 0 aliphatic rings. The quantitative estimate of drug-likeness (QED) is 0.535. The largest absolute Gasteiger partial charge is 0.492 e. The first-order valence-corrected chi connectivity index (χ1v) is 8.85. The maximum atomic E-state index is 11.3. The lowest BCUT2D eigenvalue weighted by Crippen LogP contribution is -2.22. The summed E-state index contributed by atoms with van der Waals surface area (Å²) in [6, 6.07) is 14.7. The van der Waals surface area contributed by atoms with E-state index in [2.05, 4.69) is 16.4 Å². The fourth-order valence-corrected chi connectivity index (χ4v) is 2.64. The van der Waals surface area contributed by atoms with Crippen LogP contribution in [0.4, 0.5) is 0 Å². The highest BCUT2D eigenvalue weighted by molar-refractivity contribution is 5.78. The number of aromatic amines is 1. The molecule has 3 aromatic rings. The lowest BCUT2D eigenvalue weighted by molar-refractivity contribution is 0.297. The predicted octanol–water partition coefficient (Wildman–Crippen LogP) is 2.82. The molecule has 0 aliphatic carbocycles. The van der Waals surface area contributed by atoms with Gasteiger partial charge in [0, 0.05) is 6.54 Å². The van der Waals surface area contributed by atoms with Crippen LogP contribution in [0.2, 0.25) is 0 Å². The van der Waals surface area contributed by atoms with Crippen LogP contribution in [-0.2, 0) is 0 Å². The van der Waals surface area contributed by atoms with Gasteiger partial charge in [-0.05, 0) is 43.7 Å². The molecular weight excluding hydrogens is 346 g/mol. The van der Waals surface area contributed by atoms with Crippen molar-refractivity contribution in [2.75, 3.05) is 26.3 Å². The van der Waals surface area contributed by atoms with Crippen molar-refractivity contribution in [1.29, 1.82) is 5.26 Å². The number of nitrogens with zero attached hydrogens (tertiary/aromatic N) is 1. The Hall–Kier alpha value is -3.24. The molecule has 0 spiro atoms. The van der Waals surface area contributed by atoms with Gasteiger partial charge in [0.15, 0.2) is 11.3 Å². The molecule has 140 valence electrons. The minimum Gasteiger partial charge on any atom is -0.492 e. The van der Waals surface area contributed by atoms with Gasteiger partial charge in [-0.3, -0.25) is 4.98 Å². The molecule has 0 fully saturated rings. The van der Waals surface area contributed by atoms with Crippen molar-refractivity contribution in [1.82, 2.24) is 10.3 Å². The molecule has 2 aromatic carbocycles. The average molecular weight is 367 g/mol. The topological polar surface area (TPSA) is 100 Å². The second kappa shape index (κ2) is 9.46. The number of hydrogen-bond acceptors (Lipinski definition) is 6. The minimum absolute atomic E-state index is 0.442. The number of rotatable bonds is 10. The highest BCUT2D eigenvalue weighted by Crippen LogP contribution is 2.22. The van der Waals surface area contributed by atoms with E-state index < -0.39 is 5.76 Å². The Morgan fingerprint density at radius 2 is 1.81 bits per heavy atom.